The number of carbonyl (C=O) groups is 2. The molecule has 1 amide bonds. The van der Waals surface area contributed by atoms with Gasteiger partial charge in [0.1, 0.15) is 29.0 Å². The van der Waals surface area contributed by atoms with Crippen molar-refractivity contribution in [3.63, 3.8) is 0 Å². The number of carboxylic acid groups (broad SMARTS) is 1. The lowest BCUT2D eigenvalue weighted by Gasteiger charge is -2.29. The van der Waals surface area contributed by atoms with E-state index >= 15 is 0 Å². The molecular weight excluding hydrogens is 506 g/mol. The van der Waals surface area contributed by atoms with Crippen molar-refractivity contribution in [2.75, 3.05) is 33.2 Å². The van der Waals surface area contributed by atoms with Crippen molar-refractivity contribution in [2.45, 2.75) is 19.0 Å². The van der Waals surface area contributed by atoms with E-state index in [1.54, 1.807) is 18.2 Å². The molecule has 4 rings (SSSR count). The van der Waals surface area contributed by atoms with Crippen molar-refractivity contribution in [3.8, 4) is 22.8 Å². The Labute approximate surface area is 217 Å². The third-order valence-corrected chi connectivity index (χ3v) is 6.00. The largest absolute Gasteiger partial charge is 0.542 e. The monoisotopic (exact) mass is 533 g/mol. The first kappa shape index (κ1) is 28.6. The number of likely N-dealkylation sites (tertiary alicyclic amines) is 1. The minimum Gasteiger partial charge on any atom is -0.542 e. The van der Waals surface area contributed by atoms with Gasteiger partial charge in [0, 0.05) is 18.4 Å². The molecule has 0 saturated carbocycles. The molecule has 0 atom stereocenters. The average molecular weight is 534 g/mol. The molecule has 1 aliphatic heterocycles. The maximum atomic E-state index is 13.0. The van der Waals surface area contributed by atoms with Crippen LogP contribution in [0.4, 0.5) is 17.6 Å². The summed E-state index contributed by atoms with van der Waals surface area (Å²) in [6, 6.07) is 18.8. The molecule has 0 bridgehead atoms. The van der Waals surface area contributed by atoms with Gasteiger partial charge in [-0.3, -0.25) is 4.79 Å². The summed E-state index contributed by atoms with van der Waals surface area (Å²) in [5.41, 5.74) is 2.02. The number of amides is 1. The number of nitrogens with zero attached hydrogens (tertiary/aromatic N) is 2. The number of hydrogen-bond donors (Lipinski definition) is 1. The van der Waals surface area contributed by atoms with Crippen molar-refractivity contribution in [1.29, 1.82) is 0 Å². The molecule has 0 unspecified atom stereocenters. The van der Waals surface area contributed by atoms with E-state index in [-0.39, 0.29) is 11.7 Å². The fourth-order valence-corrected chi connectivity index (χ4v) is 3.91. The molecule has 0 spiro atoms. The average Bonchev–Trinajstić information content (AvgIpc) is 3.32. The third-order valence-electron chi connectivity index (χ3n) is 6.00. The second-order valence-corrected chi connectivity index (χ2v) is 9.03. The highest BCUT2D eigenvalue weighted by Crippen LogP contribution is 2.25. The Kier molecular flexibility index (Phi) is 9.40. The van der Waals surface area contributed by atoms with E-state index in [1.165, 1.54) is 38.1 Å². The van der Waals surface area contributed by atoms with Gasteiger partial charge in [-0.2, -0.15) is 13.2 Å². The predicted octanol–water partition coefficient (Wildman–Crippen LogP) is 3.95. The zero-order valence-corrected chi connectivity index (χ0v) is 20.6. The predicted molar refractivity (Wildman–Crippen MR) is 130 cm³/mol. The Morgan fingerprint density at radius 1 is 0.974 bits per heavy atom. The molecule has 11 heteroatoms. The van der Waals surface area contributed by atoms with Crippen molar-refractivity contribution < 1.29 is 41.5 Å². The zero-order chi connectivity index (χ0) is 27.8. The van der Waals surface area contributed by atoms with Crippen LogP contribution < -0.4 is 15.2 Å². The molecule has 1 aliphatic rings. The lowest BCUT2D eigenvalue weighted by atomic mass is 10.1. The molecule has 202 valence electrons. The second-order valence-electron chi connectivity index (χ2n) is 9.03. The molecule has 1 N–H and O–H groups in total. The van der Waals surface area contributed by atoms with Crippen molar-refractivity contribution >= 4 is 11.9 Å². The highest BCUT2D eigenvalue weighted by Gasteiger charge is 2.29. The van der Waals surface area contributed by atoms with Crippen molar-refractivity contribution in [3.05, 3.63) is 78.2 Å². The number of ether oxygens (including phenoxy) is 1. The summed E-state index contributed by atoms with van der Waals surface area (Å²) in [6.45, 7) is 3.96. The quantitative estimate of drug-likeness (QED) is 0.367. The number of carbonyl (C=O) groups excluding carboxylic acids is 2. The summed E-state index contributed by atoms with van der Waals surface area (Å²) in [5, 5.41) is 11.8. The number of pyridine rings is 1. The smallest absolute Gasteiger partial charge is 0.430 e. The van der Waals surface area contributed by atoms with Crippen LogP contribution in [0, 0.1) is 5.82 Å². The number of benzene rings is 2. The Morgan fingerprint density at radius 2 is 1.53 bits per heavy atom. The van der Waals surface area contributed by atoms with Crippen LogP contribution in [0.25, 0.3) is 11.3 Å². The van der Waals surface area contributed by atoms with Gasteiger partial charge in [-0.25, -0.2) is 9.37 Å². The zero-order valence-electron chi connectivity index (χ0n) is 20.6. The van der Waals surface area contributed by atoms with E-state index in [0.29, 0.717) is 23.7 Å². The molecule has 1 fully saturated rings. The molecule has 2 heterocycles. The number of hydrogen-bond acceptors (Lipinski definition) is 5. The fraction of sp³-hybridized carbons (Fsp3) is 0.296. The Morgan fingerprint density at radius 3 is 2.08 bits per heavy atom. The van der Waals surface area contributed by atoms with Gasteiger partial charge in [-0.1, -0.05) is 6.07 Å². The number of likely N-dealkylation sites (N-methyl/N-ethyl adjacent to an activating group) is 1. The number of aromatic nitrogens is 1. The maximum Gasteiger partial charge on any atom is 0.430 e. The van der Waals surface area contributed by atoms with Crippen LogP contribution in [-0.2, 0) is 4.79 Å². The molecule has 2 aromatic carbocycles. The Hall–Kier alpha value is -3.99. The standard InChI is InChI=1S/C25H26FN3O2.C2HF3O2/c1-29(16-2-3-17-29)18-15-27-25(30)24-6-4-5-23(28-24)19-7-11-21(12-8-19)31-22-13-9-20(26)10-14-22;3-2(4,5)1(6)7/h4-14H,2-3,15-18H2,1H3;(H,6,7). The number of alkyl halides is 3. The minimum atomic E-state index is -5.19. The summed E-state index contributed by atoms with van der Waals surface area (Å²) in [5.74, 6) is -2.25. The lowest BCUT2D eigenvalue weighted by molar-refractivity contribution is -0.896. The van der Waals surface area contributed by atoms with E-state index in [0.717, 1.165) is 22.3 Å². The van der Waals surface area contributed by atoms with Crippen LogP contribution in [0.5, 0.6) is 11.5 Å². The molecule has 3 aromatic rings. The SMILES string of the molecule is C[N+]1(CCNC(=O)c2cccc(-c3ccc(Oc4ccc(F)cc4)cc3)n2)CCCC1.O=C([O-])C(F)(F)F. The van der Waals surface area contributed by atoms with Gasteiger partial charge in [0.25, 0.3) is 5.91 Å². The summed E-state index contributed by atoms with van der Waals surface area (Å²) >= 11 is 0. The highest BCUT2D eigenvalue weighted by atomic mass is 19.4. The molecule has 1 aromatic heterocycles. The van der Waals surface area contributed by atoms with Crippen LogP contribution in [0.3, 0.4) is 0 Å². The minimum absolute atomic E-state index is 0.149. The lowest BCUT2D eigenvalue weighted by Crippen LogP contribution is -2.46. The number of aliphatic carboxylic acids is 1. The first-order valence-corrected chi connectivity index (χ1v) is 11.9. The van der Waals surface area contributed by atoms with Crippen LogP contribution in [0.15, 0.2) is 66.7 Å². The maximum absolute atomic E-state index is 13.0. The van der Waals surface area contributed by atoms with E-state index in [9.17, 15) is 22.4 Å². The highest BCUT2D eigenvalue weighted by molar-refractivity contribution is 5.92. The summed E-state index contributed by atoms with van der Waals surface area (Å²) in [4.78, 5) is 25.9. The Balaban J connectivity index is 0.000000505. The van der Waals surface area contributed by atoms with Crippen molar-refractivity contribution in [1.82, 2.24) is 10.3 Å². The number of nitrogens with one attached hydrogen (secondary N) is 1. The van der Waals surface area contributed by atoms with Crippen LogP contribution in [0.1, 0.15) is 23.3 Å². The molecule has 0 radical (unpaired) electrons. The first-order valence-electron chi connectivity index (χ1n) is 11.9. The van der Waals surface area contributed by atoms with Gasteiger partial charge in [-0.15, -0.1) is 0 Å². The van der Waals surface area contributed by atoms with Crippen LogP contribution in [-0.4, -0.2) is 60.7 Å². The van der Waals surface area contributed by atoms with Gasteiger partial charge >= 0.3 is 6.18 Å². The van der Waals surface area contributed by atoms with Gasteiger partial charge in [-0.05, 0) is 60.7 Å². The topological polar surface area (TPSA) is 91.3 Å². The third kappa shape index (κ3) is 8.55. The van der Waals surface area contributed by atoms with E-state index in [4.69, 9.17) is 14.6 Å². The van der Waals surface area contributed by atoms with E-state index < -0.39 is 12.1 Å². The van der Waals surface area contributed by atoms with Gasteiger partial charge in [0.05, 0.1) is 38.9 Å². The summed E-state index contributed by atoms with van der Waals surface area (Å²) in [7, 11) is 2.25. The van der Waals surface area contributed by atoms with Crippen LogP contribution in [0.2, 0.25) is 0 Å². The number of carboxylic acids is 1. The number of rotatable bonds is 7. The molecule has 38 heavy (non-hydrogen) atoms. The second kappa shape index (κ2) is 12.5. The van der Waals surface area contributed by atoms with Gasteiger partial charge in [0.2, 0.25) is 0 Å². The van der Waals surface area contributed by atoms with E-state index in [2.05, 4.69) is 17.3 Å². The van der Waals surface area contributed by atoms with E-state index in [1.807, 2.05) is 36.4 Å². The van der Waals surface area contributed by atoms with Gasteiger partial charge in [0.15, 0.2) is 0 Å². The fourth-order valence-electron chi connectivity index (χ4n) is 3.91. The van der Waals surface area contributed by atoms with Crippen molar-refractivity contribution in [2.24, 2.45) is 0 Å². The summed E-state index contributed by atoms with van der Waals surface area (Å²) < 4.78 is 51.3. The molecule has 0 aliphatic carbocycles. The molecule has 1 saturated heterocycles. The Bertz CT molecular complexity index is 1230. The first-order chi connectivity index (χ1) is 17.9. The molecular formula is C27H27F4N3O4. The molecule has 7 nitrogen and oxygen atoms in total. The number of halogens is 4. The number of quaternary nitrogens is 1. The normalized spacial score (nSPS) is 14.2. The van der Waals surface area contributed by atoms with Gasteiger partial charge < -0.3 is 24.4 Å². The van der Waals surface area contributed by atoms with Crippen LogP contribution >= 0.6 is 0 Å². The summed E-state index contributed by atoms with van der Waals surface area (Å²) in [6.07, 6.45) is -2.66.